The van der Waals surface area contributed by atoms with E-state index in [0.717, 1.165) is 0 Å². The Morgan fingerprint density at radius 2 is 2.15 bits per heavy atom. The number of nitrogens with one attached hydrogen (secondary N) is 1. The van der Waals surface area contributed by atoms with Crippen molar-refractivity contribution in [2.75, 3.05) is 18.1 Å². The van der Waals surface area contributed by atoms with Gasteiger partial charge in [-0.3, -0.25) is 10.1 Å². The molecule has 13 heavy (non-hydrogen) atoms. The van der Waals surface area contributed by atoms with Crippen LogP contribution in [-0.4, -0.2) is 21.9 Å². The molecule has 1 rings (SSSR count). The van der Waals surface area contributed by atoms with Crippen LogP contribution < -0.4 is 11.1 Å². The summed E-state index contributed by atoms with van der Waals surface area (Å²) in [5.74, 6) is 0.155. The number of nitrogen functional groups attached to an aromatic ring is 1. The molecule has 1 heterocycles. The van der Waals surface area contributed by atoms with Crippen molar-refractivity contribution >= 4 is 17.5 Å². The molecular formula is C6H9N5O2. The lowest BCUT2D eigenvalue weighted by Crippen LogP contribution is -2.06. The average Bonchev–Trinajstić information content (AvgIpc) is 2.02. The van der Waals surface area contributed by atoms with Crippen LogP contribution in [0.2, 0.25) is 0 Å². The van der Waals surface area contributed by atoms with Crippen LogP contribution in [0.15, 0.2) is 0 Å². The summed E-state index contributed by atoms with van der Waals surface area (Å²) in [7, 11) is 1.61. The second kappa shape index (κ2) is 3.21. The Labute approximate surface area is 74.1 Å². The third-order valence-corrected chi connectivity index (χ3v) is 1.49. The van der Waals surface area contributed by atoms with Gasteiger partial charge in [0.05, 0.1) is 4.92 Å². The largest absolute Gasteiger partial charge is 0.378 e. The Balaban J connectivity index is 3.31. The Morgan fingerprint density at radius 3 is 2.54 bits per heavy atom. The Kier molecular flexibility index (Phi) is 2.27. The highest BCUT2D eigenvalue weighted by molar-refractivity contribution is 5.57. The third kappa shape index (κ3) is 1.63. The molecule has 1 aromatic rings. The molecule has 1 aromatic heterocycles. The molecule has 0 bridgehead atoms. The number of nitrogens with zero attached hydrogens (tertiary/aromatic N) is 3. The number of aromatic nitrogens is 2. The van der Waals surface area contributed by atoms with Crippen LogP contribution in [0.1, 0.15) is 5.69 Å². The van der Waals surface area contributed by atoms with Crippen LogP contribution in [0, 0.1) is 17.0 Å². The van der Waals surface area contributed by atoms with Crippen molar-refractivity contribution in [2.24, 2.45) is 0 Å². The molecule has 0 aliphatic heterocycles. The standard InChI is InChI=1S/C6H9N5O2/c1-3-4(11(12)13)5(7)10-6(8-2)9-3/h1-2H3,(H3,7,8,9,10). The van der Waals surface area contributed by atoms with Gasteiger partial charge in [-0.15, -0.1) is 0 Å². The van der Waals surface area contributed by atoms with Crippen molar-refractivity contribution in [2.45, 2.75) is 6.92 Å². The fourth-order valence-electron chi connectivity index (χ4n) is 0.927. The first-order valence-corrected chi connectivity index (χ1v) is 3.52. The highest BCUT2D eigenvalue weighted by Crippen LogP contribution is 2.22. The maximum absolute atomic E-state index is 10.5. The van der Waals surface area contributed by atoms with Gasteiger partial charge in [-0.05, 0) is 6.92 Å². The first-order valence-electron chi connectivity index (χ1n) is 3.52. The molecule has 0 spiro atoms. The van der Waals surface area contributed by atoms with E-state index < -0.39 is 4.92 Å². The smallest absolute Gasteiger partial charge is 0.332 e. The first-order chi connectivity index (χ1) is 6.06. The number of hydrogen-bond donors (Lipinski definition) is 2. The number of aryl methyl sites for hydroxylation is 1. The van der Waals surface area contributed by atoms with E-state index >= 15 is 0 Å². The lowest BCUT2D eigenvalue weighted by Gasteiger charge is -2.02. The number of nitro groups is 1. The molecule has 7 heteroatoms. The molecule has 3 N–H and O–H groups in total. The quantitative estimate of drug-likeness (QED) is 0.505. The Hall–Kier alpha value is -1.92. The molecule has 0 aliphatic rings. The van der Waals surface area contributed by atoms with Gasteiger partial charge >= 0.3 is 5.69 Å². The van der Waals surface area contributed by atoms with Gasteiger partial charge in [0, 0.05) is 7.05 Å². The van der Waals surface area contributed by atoms with Gasteiger partial charge in [0.15, 0.2) is 0 Å². The zero-order chi connectivity index (χ0) is 10.0. The average molecular weight is 183 g/mol. The monoisotopic (exact) mass is 183 g/mol. The van der Waals surface area contributed by atoms with Crippen LogP contribution >= 0.6 is 0 Å². The number of nitrogens with two attached hydrogens (primary N) is 1. The van der Waals surface area contributed by atoms with Crippen LogP contribution in [-0.2, 0) is 0 Å². The second-order valence-electron chi connectivity index (χ2n) is 2.37. The lowest BCUT2D eigenvalue weighted by molar-refractivity contribution is -0.385. The van der Waals surface area contributed by atoms with Gasteiger partial charge in [-0.2, -0.15) is 4.98 Å². The summed E-state index contributed by atoms with van der Waals surface area (Å²) < 4.78 is 0. The zero-order valence-corrected chi connectivity index (χ0v) is 7.24. The molecule has 0 aliphatic carbocycles. The highest BCUT2D eigenvalue weighted by atomic mass is 16.6. The summed E-state index contributed by atoms with van der Waals surface area (Å²) in [5, 5.41) is 13.1. The number of rotatable bonds is 2. The summed E-state index contributed by atoms with van der Waals surface area (Å²) in [6, 6.07) is 0. The van der Waals surface area contributed by atoms with Gasteiger partial charge in [0.1, 0.15) is 5.69 Å². The van der Waals surface area contributed by atoms with Crippen LogP contribution in [0.3, 0.4) is 0 Å². The lowest BCUT2D eigenvalue weighted by atomic mass is 10.3. The number of anilines is 2. The molecule has 0 unspecified atom stereocenters. The Bertz CT molecular complexity index is 328. The van der Waals surface area contributed by atoms with Gasteiger partial charge in [0.25, 0.3) is 0 Å². The molecule has 0 saturated heterocycles. The molecular weight excluding hydrogens is 174 g/mol. The minimum Gasteiger partial charge on any atom is -0.378 e. The first kappa shape index (κ1) is 9.17. The van der Waals surface area contributed by atoms with Crippen molar-refractivity contribution < 1.29 is 4.92 Å². The summed E-state index contributed by atoms with van der Waals surface area (Å²) in [6.07, 6.45) is 0. The van der Waals surface area contributed by atoms with E-state index in [1.54, 1.807) is 7.05 Å². The van der Waals surface area contributed by atoms with E-state index in [1.165, 1.54) is 6.92 Å². The highest BCUT2D eigenvalue weighted by Gasteiger charge is 2.18. The van der Waals surface area contributed by atoms with E-state index in [4.69, 9.17) is 5.73 Å². The van der Waals surface area contributed by atoms with E-state index in [0.29, 0.717) is 0 Å². The molecule has 70 valence electrons. The summed E-state index contributed by atoms with van der Waals surface area (Å²) in [4.78, 5) is 17.4. The summed E-state index contributed by atoms with van der Waals surface area (Å²) in [6.45, 7) is 1.51. The van der Waals surface area contributed by atoms with E-state index in [2.05, 4.69) is 15.3 Å². The fourth-order valence-corrected chi connectivity index (χ4v) is 0.927. The van der Waals surface area contributed by atoms with Gasteiger partial charge in [-0.1, -0.05) is 0 Å². The van der Waals surface area contributed by atoms with Gasteiger partial charge < -0.3 is 11.1 Å². The maximum atomic E-state index is 10.5. The SMILES string of the molecule is CNc1nc(C)c([N+](=O)[O-])c(N)n1. The van der Waals surface area contributed by atoms with E-state index in [1.807, 2.05) is 0 Å². The fraction of sp³-hybridized carbons (Fsp3) is 0.333. The molecule has 7 nitrogen and oxygen atoms in total. The molecule has 0 aromatic carbocycles. The zero-order valence-electron chi connectivity index (χ0n) is 7.24. The predicted octanol–water partition coefficient (Wildman–Crippen LogP) is 0.317. The Morgan fingerprint density at radius 1 is 1.54 bits per heavy atom. The topological polar surface area (TPSA) is 107 Å². The third-order valence-electron chi connectivity index (χ3n) is 1.49. The molecule has 0 saturated carbocycles. The van der Waals surface area contributed by atoms with Crippen molar-refractivity contribution in [3.8, 4) is 0 Å². The molecule has 0 radical (unpaired) electrons. The number of hydrogen-bond acceptors (Lipinski definition) is 6. The van der Waals surface area contributed by atoms with Gasteiger partial charge in [0.2, 0.25) is 11.8 Å². The summed E-state index contributed by atoms with van der Waals surface area (Å²) in [5.41, 5.74) is 5.38. The minimum absolute atomic E-state index is 0.123. The van der Waals surface area contributed by atoms with Gasteiger partial charge in [-0.25, -0.2) is 4.98 Å². The second-order valence-corrected chi connectivity index (χ2v) is 2.37. The van der Waals surface area contributed by atoms with Crippen molar-refractivity contribution in [1.29, 1.82) is 0 Å². The molecule has 0 amide bonds. The molecule has 0 fully saturated rings. The maximum Gasteiger partial charge on any atom is 0.332 e. The van der Waals surface area contributed by atoms with Crippen LogP contribution in [0.4, 0.5) is 17.5 Å². The van der Waals surface area contributed by atoms with Crippen molar-refractivity contribution in [3.63, 3.8) is 0 Å². The summed E-state index contributed by atoms with van der Waals surface area (Å²) >= 11 is 0. The molecule has 0 atom stereocenters. The van der Waals surface area contributed by atoms with E-state index in [-0.39, 0.29) is 23.1 Å². The van der Waals surface area contributed by atoms with Crippen molar-refractivity contribution in [1.82, 2.24) is 9.97 Å². The van der Waals surface area contributed by atoms with Crippen molar-refractivity contribution in [3.05, 3.63) is 15.8 Å². The predicted molar refractivity (Wildman–Crippen MR) is 47.4 cm³/mol. The van der Waals surface area contributed by atoms with Crippen LogP contribution in [0.5, 0.6) is 0 Å². The van der Waals surface area contributed by atoms with E-state index in [9.17, 15) is 10.1 Å². The van der Waals surface area contributed by atoms with Crippen LogP contribution in [0.25, 0.3) is 0 Å². The minimum atomic E-state index is -0.593. The normalized spacial score (nSPS) is 9.69.